The minimum Gasteiger partial charge on any atom is -0.422 e. The number of benzene rings is 2. The van der Waals surface area contributed by atoms with Crippen LogP contribution in [0.1, 0.15) is 41.3 Å². The molecule has 0 aliphatic carbocycles. The van der Waals surface area contributed by atoms with Crippen LogP contribution < -0.4 is 4.74 Å². The Labute approximate surface area is 127 Å². The largest absolute Gasteiger partial charge is 0.422 e. The number of carbonyl (C=O) groups excluding carboxylic acids is 1. The van der Waals surface area contributed by atoms with E-state index in [1.807, 2.05) is 37.3 Å². The van der Waals surface area contributed by atoms with Gasteiger partial charge in [-0.15, -0.1) is 0 Å². The van der Waals surface area contributed by atoms with E-state index < -0.39 is 0 Å². The fourth-order valence-corrected chi connectivity index (χ4v) is 2.55. The van der Waals surface area contributed by atoms with Gasteiger partial charge in [-0.25, -0.2) is 4.79 Å². The molecule has 0 fully saturated rings. The van der Waals surface area contributed by atoms with Crippen molar-refractivity contribution in [1.29, 1.82) is 0 Å². The van der Waals surface area contributed by atoms with Crippen LogP contribution in [0.3, 0.4) is 0 Å². The van der Waals surface area contributed by atoms with Gasteiger partial charge in [0.15, 0.2) is 0 Å². The molecule has 3 heteroatoms. The number of hydrogen-bond donors (Lipinski definition) is 0. The topological polar surface area (TPSA) is 26.3 Å². The summed E-state index contributed by atoms with van der Waals surface area (Å²) in [5.41, 5.74) is 2.92. The van der Waals surface area contributed by atoms with Gasteiger partial charge in [-0.2, -0.15) is 0 Å². The molecule has 20 heavy (non-hydrogen) atoms. The number of esters is 1. The Morgan fingerprint density at radius 1 is 1.15 bits per heavy atom. The molecular weight excluding hydrogens is 316 g/mol. The van der Waals surface area contributed by atoms with Crippen LogP contribution in [0, 0.1) is 6.92 Å². The second-order valence-electron chi connectivity index (χ2n) is 5.05. The standard InChI is InChI=1S/C17H17BrO2/c1-11(2)14-10-15(18)16(9-12(14)3)20-17(19)13-7-5-4-6-8-13/h4-11H,1-3H3. The number of halogens is 1. The lowest BCUT2D eigenvalue weighted by molar-refractivity contribution is 0.0733. The fourth-order valence-electron chi connectivity index (χ4n) is 2.10. The average molecular weight is 333 g/mol. The molecule has 2 aromatic carbocycles. The summed E-state index contributed by atoms with van der Waals surface area (Å²) >= 11 is 3.47. The summed E-state index contributed by atoms with van der Waals surface area (Å²) in [6, 6.07) is 12.9. The third-order valence-electron chi connectivity index (χ3n) is 3.15. The van der Waals surface area contributed by atoms with Gasteiger partial charge in [0, 0.05) is 0 Å². The van der Waals surface area contributed by atoms with Crippen molar-refractivity contribution in [2.24, 2.45) is 0 Å². The molecule has 0 aliphatic rings. The van der Waals surface area contributed by atoms with Crippen molar-refractivity contribution in [3.05, 3.63) is 63.6 Å². The van der Waals surface area contributed by atoms with Gasteiger partial charge in [-0.1, -0.05) is 32.0 Å². The Balaban J connectivity index is 2.26. The summed E-state index contributed by atoms with van der Waals surface area (Å²) in [7, 11) is 0. The van der Waals surface area contributed by atoms with Gasteiger partial charge >= 0.3 is 5.97 Å². The molecule has 0 atom stereocenters. The molecule has 0 saturated carbocycles. The van der Waals surface area contributed by atoms with Gasteiger partial charge in [0.25, 0.3) is 0 Å². The first-order chi connectivity index (χ1) is 9.49. The Morgan fingerprint density at radius 2 is 1.80 bits per heavy atom. The molecule has 2 nitrogen and oxygen atoms in total. The van der Waals surface area contributed by atoms with Gasteiger partial charge in [-0.3, -0.25) is 0 Å². The Bertz CT molecular complexity index is 618. The normalized spacial score (nSPS) is 10.7. The van der Waals surface area contributed by atoms with Crippen LogP contribution in [0.25, 0.3) is 0 Å². The zero-order valence-electron chi connectivity index (χ0n) is 11.8. The molecule has 0 aromatic heterocycles. The Morgan fingerprint density at radius 3 is 2.40 bits per heavy atom. The highest BCUT2D eigenvalue weighted by molar-refractivity contribution is 9.10. The Kier molecular flexibility index (Phi) is 4.61. The van der Waals surface area contributed by atoms with Crippen molar-refractivity contribution in [2.75, 3.05) is 0 Å². The van der Waals surface area contributed by atoms with Gasteiger partial charge in [0.05, 0.1) is 10.0 Å². The fraction of sp³-hybridized carbons (Fsp3) is 0.235. The maximum Gasteiger partial charge on any atom is 0.343 e. The highest BCUT2D eigenvalue weighted by Gasteiger charge is 2.13. The van der Waals surface area contributed by atoms with Crippen molar-refractivity contribution < 1.29 is 9.53 Å². The zero-order chi connectivity index (χ0) is 14.7. The van der Waals surface area contributed by atoms with Crippen LogP contribution in [-0.2, 0) is 0 Å². The number of carbonyl (C=O) groups is 1. The van der Waals surface area contributed by atoms with Gasteiger partial charge in [-0.05, 0) is 64.2 Å². The van der Waals surface area contributed by atoms with Gasteiger partial charge < -0.3 is 4.74 Å². The molecule has 0 N–H and O–H groups in total. The number of aryl methyl sites for hydroxylation is 1. The molecule has 0 spiro atoms. The number of rotatable bonds is 3. The lowest BCUT2D eigenvalue weighted by Gasteiger charge is -2.13. The minimum atomic E-state index is -0.344. The van der Waals surface area contributed by atoms with Crippen molar-refractivity contribution in [3.8, 4) is 5.75 Å². The van der Waals surface area contributed by atoms with Crippen molar-refractivity contribution in [2.45, 2.75) is 26.7 Å². The van der Waals surface area contributed by atoms with E-state index in [1.54, 1.807) is 12.1 Å². The molecular formula is C17H17BrO2. The third-order valence-corrected chi connectivity index (χ3v) is 3.77. The third kappa shape index (κ3) is 3.28. The summed E-state index contributed by atoms with van der Waals surface area (Å²) in [6.45, 7) is 6.32. The monoisotopic (exact) mass is 332 g/mol. The maximum atomic E-state index is 12.1. The molecule has 0 bridgehead atoms. The van der Waals surface area contributed by atoms with E-state index in [0.29, 0.717) is 17.2 Å². The van der Waals surface area contributed by atoms with Gasteiger partial charge in [0.2, 0.25) is 0 Å². The highest BCUT2D eigenvalue weighted by atomic mass is 79.9. The first kappa shape index (κ1) is 14.8. The summed E-state index contributed by atoms with van der Waals surface area (Å²) in [5, 5.41) is 0. The van der Waals surface area contributed by atoms with E-state index in [-0.39, 0.29) is 5.97 Å². The molecule has 2 aromatic rings. The molecule has 2 rings (SSSR count). The van der Waals surface area contributed by atoms with Crippen LogP contribution in [0.5, 0.6) is 5.75 Å². The molecule has 0 heterocycles. The summed E-state index contributed by atoms with van der Waals surface area (Å²) < 4.78 is 6.26. The first-order valence-electron chi connectivity index (χ1n) is 6.56. The lowest BCUT2D eigenvalue weighted by Crippen LogP contribution is -2.09. The SMILES string of the molecule is Cc1cc(OC(=O)c2ccccc2)c(Br)cc1C(C)C. The predicted molar refractivity (Wildman–Crippen MR) is 84.4 cm³/mol. The quantitative estimate of drug-likeness (QED) is 0.577. The van der Waals surface area contributed by atoms with E-state index >= 15 is 0 Å². The number of hydrogen-bond acceptors (Lipinski definition) is 2. The van der Waals surface area contributed by atoms with E-state index in [1.165, 1.54) is 5.56 Å². The molecule has 0 aliphatic heterocycles. The first-order valence-corrected chi connectivity index (χ1v) is 7.35. The summed E-state index contributed by atoms with van der Waals surface area (Å²) in [5.74, 6) is 0.647. The Hall–Kier alpha value is -1.61. The summed E-state index contributed by atoms with van der Waals surface area (Å²) in [6.07, 6.45) is 0. The molecule has 0 amide bonds. The van der Waals surface area contributed by atoms with Crippen molar-refractivity contribution >= 4 is 21.9 Å². The summed E-state index contributed by atoms with van der Waals surface area (Å²) in [4.78, 5) is 12.1. The van der Waals surface area contributed by atoms with Crippen molar-refractivity contribution in [3.63, 3.8) is 0 Å². The van der Waals surface area contributed by atoms with Crippen LogP contribution in [0.15, 0.2) is 46.9 Å². The molecule has 0 radical (unpaired) electrons. The van der Waals surface area contributed by atoms with Crippen LogP contribution in [-0.4, -0.2) is 5.97 Å². The minimum absolute atomic E-state index is 0.344. The van der Waals surface area contributed by atoms with Crippen LogP contribution in [0.2, 0.25) is 0 Å². The number of ether oxygens (including phenoxy) is 1. The molecule has 104 valence electrons. The molecule has 0 unspecified atom stereocenters. The smallest absolute Gasteiger partial charge is 0.343 e. The van der Waals surface area contributed by atoms with E-state index in [0.717, 1.165) is 10.0 Å². The predicted octanol–water partition coefficient (Wildman–Crippen LogP) is 5.10. The second kappa shape index (κ2) is 6.23. The van der Waals surface area contributed by atoms with E-state index in [2.05, 4.69) is 29.8 Å². The molecule has 0 saturated heterocycles. The average Bonchev–Trinajstić information content (AvgIpc) is 2.43. The second-order valence-corrected chi connectivity index (χ2v) is 5.90. The van der Waals surface area contributed by atoms with Crippen LogP contribution in [0.4, 0.5) is 0 Å². The van der Waals surface area contributed by atoms with E-state index in [9.17, 15) is 4.79 Å². The van der Waals surface area contributed by atoms with Crippen LogP contribution >= 0.6 is 15.9 Å². The highest BCUT2D eigenvalue weighted by Crippen LogP contribution is 2.32. The maximum absolute atomic E-state index is 12.1. The lowest BCUT2D eigenvalue weighted by atomic mass is 9.98. The van der Waals surface area contributed by atoms with Gasteiger partial charge in [0.1, 0.15) is 5.75 Å². The van der Waals surface area contributed by atoms with E-state index in [4.69, 9.17) is 4.74 Å². The van der Waals surface area contributed by atoms with Crippen molar-refractivity contribution in [1.82, 2.24) is 0 Å². The zero-order valence-corrected chi connectivity index (χ0v) is 13.4.